The summed E-state index contributed by atoms with van der Waals surface area (Å²) in [6.07, 6.45) is 3.99. The zero-order chi connectivity index (χ0) is 14.9. The van der Waals surface area contributed by atoms with Crippen molar-refractivity contribution in [3.8, 4) is 0 Å². The van der Waals surface area contributed by atoms with Crippen LogP contribution >= 0.6 is 11.6 Å². The van der Waals surface area contributed by atoms with Crippen molar-refractivity contribution in [1.29, 1.82) is 0 Å². The van der Waals surface area contributed by atoms with Gasteiger partial charge in [0.25, 0.3) is 0 Å². The average molecular weight is 327 g/mol. The van der Waals surface area contributed by atoms with Crippen molar-refractivity contribution in [2.24, 2.45) is 0 Å². The molecule has 1 aromatic carbocycles. The van der Waals surface area contributed by atoms with E-state index in [0.29, 0.717) is 17.3 Å². The minimum absolute atomic E-state index is 0.161. The van der Waals surface area contributed by atoms with Crippen molar-refractivity contribution in [2.45, 2.75) is 25.0 Å². The lowest BCUT2D eigenvalue weighted by Gasteiger charge is -2.24. The first-order valence-electron chi connectivity index (χ1n) is 6.74. The molecule has 3 rings (SSSR count). The summed E-state index contributed by atoms with van der Waals surface area (Å²) in [5, 5.41) is 4.32. The van der Waals surface area contributed by atoms with E-state index >= 15 is 0 Å². The Bertz CT molecular complexity index is 729. The maximum Gasteiger partial charge on any atom is 0.241 e. The molecule has 0 radical (unpaired) electrons. The van der Waals surface area contributed by atoms with E-state index in [1.165, 1.54) is 10.6 Å². The summed E-state index contributed by atoms with van der Waals surface area (Å²) in [6.45, 7) is 0.481. The predicted molar refractivity (Wildman–Crippen MR) is 80.9 cm³/mol. The van der Waals surface area contributed by atoms with E-state index in [9.17, 15) is 8.42 Å². The topological polar surface area (TPSA) is 63.4 Å². The molecule has 0 saturated carbocycles. The van der Waals surface area contributed by atoms with Gasteiger partial charge in [0, 0.05) is 17.6 Å². The van der Waals surface area contributed by atoms with Gasteiger partial charge in [-0.3, -0.25) is 4.31 Å². The van der Waals surface area contributed by atoms with Crippen LogP contribution in [-0.2, 0) is 22.2 Å². The minimum atomic E-state index is -3.49. The Morgan fingerprint density at radius 3 is 2.90 bits per heavy atom. The smallest absolute Gasteiger partial charge is 0.241 e. The molecule has 0 atom stereocenters. The lowest BCUT2D eigenvalue weighted by Crippen LogP contribution is -2.33. The Balaban J connectivity index is 1.98. The number of anilines is 1. The van der Waals surface area contributed by atoms with Gasteiger partial charge >= 0.3 is 0 Å². The van der Waals surface area contributed by atoms with E-state index in [1.54, 1.807) is 18.2 Å². The minimum Gasteiger partial charge on any atom is -0.364 e. The average Bonchev–Trinajstić information content (AvgIpc) is 2.82. The molecule has 0 spiro atoms. The Morgan fingerprint density at radius 1 is 1.29 bits per heavy atom. The standard InChI is InChI=1S/C14H15ClN2O3S/c15-12-4-5-14-11(9-12)3-1-2-7-17(14)21(18,19)10-13-6-8-20-16-13/h4-6,8-9H,1-3,7,10H2. The van der Waals surface area contributed by atoms with E-state index in [1.807, 2.05) is 6.07 Å². The number of rotatable bonds is 3. The molecule has 0 N–H and O–H groups in total. The van der Waals surface area contributed by atoms with Crippen LogP contribution in [-0.4, -0.2) is 20.1 Å². The van der Waals surface area contributed by atoms with E-state index in [4.69, 9.17) is 16.1 Å². The zero-order valence-corrected chi connectivity index (χ0v) is 12.9. The molecule has 0 aliphatic carbocycles. The molecule has 112 valence electrons. The Hall–Kier alpha value is -1.53. The van der Waals surface area contributed by atoms with Gasteiger partial charge in [0.05, 0.1) is 5.69 Å². The third-order valence-corrected chi connectivity index (χ3v) is 5.47. The van der Waals surface area contributed by atoms with Crippen molar-refractivity contribution in [3.63, 3.8) is 0 Å². The second-order valence-corrected chi connectivity index (χ2v) is 7.38. The third-order valence-electron chi connectivity index (χ3n) is 3.52. The van der Waals surface area contributed by atoms with E-state index < -0.39 is 10.0 Å². The summed E-state index contributed by atoms with van der Waals surface area (Å²) in [5.74, 6) is -0.161. The highest BCUT2D eigenvalue weighted by Gasteiger charge is 2.27. The molecular formula is C14H15ClN2O3S. The van der Waals surface area contributed by atoms with Crippen molar-refractivity contribution in [3.05, 3.63) is 46.8 Å². The Kier molecular flexibility index (Phi) is 3.91. The summed E-state index contributed by atoms with van der Waals surface area (Å²) < 4.78 is 31.5. The van der Waals surface area contributed by atoms with Crippen LogP contribution in [0.15, 0.2) is 35.1 Å². The molecule has 0 fully saturated rings. The Morgan fingerprint density at radius 2 is 2.14 bits per heavy atom. The molecule has 0 bridgehead atoms. The number of aromatic nitrogens is 1. The highest BCUT2D eigenvalue weighted by Crippen LogP contribution is 2.31. The molecule has 1 aliphatic heterocycles. The number of hydrogen-bond donors (Lipinski definition) is 0. The van der Waals surface area contributed by atoms with E-state index in [2.05, 4.69) is 5.16 Å². The number of hydrogen-bond acceptors (Lipinski definition) is 4. The molecule has 1 aromatic heterocycles. The van der Waals surface area contributed by atoms with Gasteiger partial charge in [-0.1, -0.05) is 16.8 Å². The fourth-order valence-corrected chi connectivity index (χ4v) is 4.31. The molecule has 0 unspecified atom stereocenters. The maximum atomic E-state index is 12.7. The summed E-state index contributed by atoms with van der Waals surface area (Å²) in [5.41, 5.74) is 2.11. The Labute approximate surface area is 128 Å². The van der Waals surface area contributed by atoms with Crippen molar-refractivity contribution in [2.75, 3.05) is 10.8 Å². The van der Waals surface area contributed by atoms with Gasteiger partial charge in [-0.2, -0.15) is 0 Å². The van der Waals surface area contributed by atoms with Crippen molar-refractivity contribution >= 4 is 27.3 Å². The predicted octanol–water partition coefficient (Wildman–Crippen LogP) is 3.00. The first-order valence-corrected chi connectivity index (χ1v) is 8.73. The second kappa shape index (κ2) is 5.69. The van der Waals surface area contributed by atoms with Crippen LogP contribution in [0.3, 0.4) is 0 Å². The zero-order valence-electron chi connectivity index (χ0n) is 11.3. The molecule has 7 heteroatoms. The molecule has 1 aliphatic rings. The summed E-state index contributed by atoms with van der Waals surface area (Å²) >= 11 is 6.02. The van der Waals surface area contributed by atoms with Crippen LogP contribution in [0.2, 0.25) is 5.02 Å². The molecule has 21 heavy (non-hydrogen) atoms. The maximum absolute atomic E-state index is 12.7. The molecule has 0 amide bonds. The normalized spacial score (nSPS) is 15.6. The lowest BCUT2D eigenvalue weighted by atomic mass is 10.1. The number of aryl methyl sites for hydroxylation is 1. The SMILES string of the molecule is O=S(=O)(Cc1ccon1)N1CCCCc2cc(Cl)ccc21. The summed E-state index contributed by atoms with van der Waals surface area (Å²) in [7, 11) is -3.49. The quantitative estimate of drug-likeness (QED) is 0.869. The van der Waals surface area contributed by atoms with Gasteiger partial charge in [-0.05, 0) is 43.0 Å². The van der Waals surface area contributed by atoms with E-state index in [-0.39, 0.29) is 5.75 Å². The lowest BCUT2D eigenvalue weighted by molar-refractivity contribution is 0.413. The number of benzene rings is 1. The number of fused-ring (bicyclic) bond motifs is 1. The molecule has 5 nitrogen and oxygen atoms in total. The highest BCUT2D eigenvalue weighted by atomic mass is 35.5. The fraction of sp³-hybridized carbons (Fsp3) is 0.357. The fourth-order valence-electron chi connectivity index (χ4n) is 2.55. The molecular weight excluding hydrogens is 312 g/mol. The molecule has 2 heterocycles. The first-order chi connectivity index (χ1) is 10.1. The van der Waals surface area contributed by atoms with Gasteiger partial charge in [-0.25, -0.2) is 8.42 Å². The largest absolute Gasteiger partial charge is 0.364 e. The van der Waals surface area contributed by atoms with Crippen LogP contribution in [0, 0.1) is 0 Å². The van der Waals surface area contributed by atoms with E-state index in [0.717, 1.165) is 30.5 Å². The second-order valence-electron chi connectivity index (χ2n) is 5.05. The van der Waals surface area contributed by atoms with Gasteiger partial charge in [0.1, 0.15) is 17.7 Å². The third kappa shape index (κ3) is 3.06. The van der Waals surface area contributed by atoms with Crippen LogP contribution in [0.25, 0.3) is 0 Å². The van der Waals surface area contributed by atoms with Crippen LogP contribution in [0.4, 0.5) is 5.69 Å². The monoisotopic (exact) mass is 326 g/mol. The number of halogens is 1. The molecule has 2 aromatic rings. The van der Waals surface area contributed by atoms with Crippen LogP contribution < -0.4 is 4.31 Å². The summed E-state index contributed by atoms with van der Waals surface area (Å²) in [4.78, 5) is 0. The number of nitrogens with zero attached hydrogens (tertiary/aromatic N) is 2. The first kappa shape index (κ1) is 14.4. The van der Waals surface area contributed by atoms with Gasteiger partial charge in [-0.15, -0.1) is 0 Å². The van der Waals surface area contributed by atoms with Crippen molar-refractivity contribution in [1.82, 2.24) is 5.16 Å². The highest BCUT2D eigenvalue weighted by molar-refractivity contribution is 7.92. The summed E-state index contributed by atoms with van der Waals surface area (Å²) in [6, 6.07) is 6.92. The van der Waals surface area contributed by atoms with Gasteiger partial charge in [0.2, 0.25) is 10.0 Å². The van der Waals surface area contributed by atoms with Gasteiger partial charge < -0.3 is 4.52 Å². The van der Waals surface area contributed by atoms with Gasteiger partial charge in [0.15, 0.2) is 0 Å². The van der Waals surface area contributed by atoms with Crippen molar-refractivity contribution < 1.29 is 12.9 Å². The van der Waals surface area contributed by atoms with Crippen LogP contribution in [0.1, 0.15) is 24.1 Å². The number of sulfonamides is 1. The van der Waals surface area contributed by atoms with Crippen LogP contribution in [0.5, 0.6) is 0 Å². The molecule has 0 saturated heterocycles.